The van der Waals surface area contributed by atoms with Crippen LogP contribution in [0.15, 0.2) is 36.1 Å². The molecule has 0 spiro atoms. The normalized spacial score (nSPS) is 18.2. The standard InChI is InChI=1S/C22H26N6O7S/c23-20(32)15(9-14-2-1-7-36-14)27-22(34)17-8-13(26-21(33)16-10-24-4-5-25-16)3-6-28(17)18(29)11-35-12-19(30)31/h1-2,4-5,7,10,13,15,17H,3,6,8-9,11-12H2,(H2,23,32)(H,26,33)(H,27,34)(H,30,31). The van der Waals surface area contributed by atoms with Crippen LogP contribution in [0.3, 0.4) is 0 Å². The van der Waals surface area contributed by atoms with Crippen LogP contribution in [0, 0.1) is 0 Å². The predicted octanol–water partition coefficient (Wildman–Crippen LogP) is -1.06. The van der Waals surface area contributed by atoms with Crippen molar-refractivity contribution < 1.29 is 33.8 Å². The molecular weight excluding hydrogens is 492 g/mol. The molecule has 2 aromatic heterocycles. The number of carbonyl (C=O) groups is 5. The van der Waals surface area contributed by atoms with Gasteiger partial charge >= 0.3 is 5.97 Å². The van der Waals surface area contributed by atoms with E-state index >= 15 is 0 Å². The molecule has 0 aliphatic carbocycles. The molecule has 1 fully saturated rings. The maximum Gasteiger partial charge on any atom is 0.329 e. The van der Waals surface area contributed by atoms with E-state index in [0.717, 1.165) is 4.88 Å². The summed E-state index contributed by atoms with van der Waals surface area (Å²) in [6.45, 7) is -1.12. The van der Waals surface area contributed by atoms with Gasteiger partial charge in [-0.3, -0.25) is 24.2 Å². The van der Waals surface area contributed by atoms with Gasteiger partial charge < -0.3 is 31.1 Å². The van der Waals surface area contributed by atoms with Crippen LogP contribution in [-0.4, -0.2) is 87.5 Å². The van der Waals surface area contributed by atoms with Gasteiger partial charge in [0.2, 0.25) is 17.7 Å². The number of carboxylic acids is 1. The number of primary amides is 1. The van der Waals surface area contributed by atoms with Crippen molar-refractivity contribution in [3.05, 3.63) is 46.7 Å². The summed E-state index contributed by atoms with van der Waals surface area (Å²) < 4.78 is 4.90. The first-order valence-electron chi connectivity index (χ1n) is 11.0. The monoisotopic (exact) mass is 518 g/mol. The molecule has 0 radical (unpaired) electrons. The summed E-state index contributed by atoms with van der Waals surface area (Å²) >= 11 is 1.41. The minimum atomic E-state index is -1.24. The number of nitrogens with one attached hydrogen (secondary N) is 2. The number of aliphatic carboxylic acids is 1. The van der Waals surface area contributed by atoms with Crippen LogP contribution in [0.5, 0.6) is 0 Å². The smallest absolute Gasteiger partial charge is 0.329 e. The number of carboxylic acid groups (broad SMARTS) is 1. The zero-order valence-electron chi connectivity index (χ0n) is 19.2. The molecule has 2 aromatic rings. The van der Waals surface area contributed by atoms with Gasteiger partial charge in [0.05, 0.1) is 6.20 Å². The number of aromatic nitrogens is 2. The highest BCUT2D eigenvalue weighted by Crippen LogP contribution is 2.20. The van der Waals surface area contributed by atoms with Crippen LogP contribution < -0.4 is 16.4 Å². The Labute approximate surface area is 210 Å². The average Bonchev–Trinajstić information content (AvgIpc) is 3.37. The summed E-state index contributed by atoms with van der Waals surface area (Å²) in [7, 11) is 0. The second-order valence-corrected chi connectivity index (χ2v) is 9.05. The fraction of sp³-hybridized carbons (Fsp3) is 0.409. The van der Waals surface area contributed by atoms with Gasteiger partial charge in [-0.2, -0.15) is 0 Å². The van der Waals surface area contributed by atoms with Crippen LogP contribution in [0.4, 0.5) is 0 Å². The second kappa shape index (κ2) is 12.7. The molecule has 3 rings (SSSR count). The first kappa shape index (κ1) is 26.7. The number of hydrogen-bond donors (Lipinski definition) is 4. The highest BCUT2D eigenvalue weighted by atomic mass is 32.1. The molecular formula is C22H26N6O7S. The number of nitrogens with zero attached hydrogens (tertiary/aromatic N) is 3. The Hall–Kier alpha value is -3.91. The Kier molecular flexibility index (Phi) is 9.41. The molecule has 3 atom stereocenters. The zero-order chi connectivity index (χ0) is 26.1. The van der Waals surface area contributed by atoms with Gasteiger partial charge in [-0.15, -0.1) is 11.3 Å². The van der Waals surface area contributed by atoms with Crippen LogP contribution >= 0.6 is 11.3 Å². The van der Waals surface area contributed by atoms with E-state index in [-0.39, 0.29) is 25.1 Å². The van der Waals surface area contributed by atoms with E-state index in [1.165, 1.54) is 34.8 Å². The lowest BCUT2D eigenvalue weighted by Gasteiger charge is -2.39. The lowest BCUT2D eigenvalue weighted by molar-refractivity contribution is -0.150. The second-order valence-electron chi connectivity index (χ2n) is 8.02. The molecule has 13 nitrogen and oxygen atoms in total. The number of thiophene rings is 1. The predicted molar refractivity (Wildman–Crippen MR) is 126 cm³/mol. The van der Waals surface area contributed by atoms with Crippen LogP contribution in [0.2, 0.25) is 0 Å². The topological polar surface area (TPSA) is 194 Å². The summed E-state index contributed by atoms with van der Waals surface area (Å²) in [5, 5.41) is 16.0. The van der Waals surface area contributed by atoms with Crippen molar-refractivity contribution in [1.29, 1.82) is 0 Å². The maximum absolute atomic E-state index is 13.3. The number of ether oxygens (including phenoxy) is 1. The fourth-order valence-corrected chi connectivity index (χ4v) is 4.50. The molecule has 4 amide bonds. The number of carbonyl (C=O) groups excluding carboxylic acids is 4. The van der Waals surface area contributed by atoms with Gasteiger partial charge in [-0.05, 0) is 24.3 Å². The van der Waals surface area contributed by atoms with Crippen molar-refractivity contribution in [2.24, 2.45) is 5.73 Å². The van der Waals surface area contributed by atoms with Gasteiger partial charge in [0.15, 0.2) is 0 Å². The highest BCUT2D eigenvalue weighted by molar-refractivity contribution is 7.09. The molecule has 36 heavy (non-hydrogen) atoms. The van der Waals surface area contributed by atoms with E-state index < -0.39 is 60.9 Å². The van der Waals surface area contributed by atoms with Crippen LogP contribution in [0.25, 0.3) is 0 Å². The minimum absolute atomic E-state index is 0.0486. The van der Waals surface area contributed by atoms with Crippen molar-refractivity contribution >= 4 is 40.9 Å². The molecule has 3 heterocycles. The van der Waals surface area contributed by atoms with E-state index in [1.54, 1.807) is 6.07 Å². The fourth-order valence-electron chi connectivity index (χ4n) is 3.75. The molecule has 0 saturated carbocycles. The van der Waals surface area contributed by atoms with Crippen LogP contribution in [-0.2, 0) is 30.3 Å². The summed E-state index contributed by atoms with van der Waals surface area (Å²) in [5.41, 5.74) is 5.60. The Bertz CT molecular complexity index is 1080. The SMILES string of the molecule is NC(=O)C(Cc1cccs1)NC(=O)C1CC(NC(=O)c2cnccn2)CCN1C(=O)COCC(=O)O. The minimum Gasteiger partial charge on any atom is -0.480 e. The number of hydrogen-bond acceptors (Lipinski definition) is 9. The molecule has 14 heteroatoms. The van der Waals surface area contributed by atoms with Crippen molar-refractivity contribution in [3.63, 3.8) is 0 Å². The largest absolute Gasteiger partial charge is 0.480 e. The Morgan fingerprint density at radius 2 is 2.06 bits per heavy atom. The van der Waals surface area contributed by atoms with E-state index in [4.69, 9.17) is 15.6 Å². The summed E-state index contributed by atoms with van der Waals surface area (Å²) in [5.74, 6) is -3.67. The van der Waals surface area contributed by atoms with Crippen molar-refractivity contribution in [3.8, 4) is 0 Å². The van der Waals surface area contributed by atoms with Crippen LogP contribution in [0.1, 0.15) is 28.2 Å². The van der Waals surface area contributed by atoms with E-state index in [0.29, 0.717) is 6.42 Å². The Morgan fingerprint density at radius 3 is 2.69 bits per heavy atom. The summed E-state index contributed by atoms with van der Waals surface area (Å²) in [4.78, 5) is 71.2. The Balaban J connectivity index is 1.72. The lowest BCUT2D eigenvalue weighted by Crippen LogP contribution is -2.60. The quantitative estimate of drug-likeness (QED) is 0.287. The molecule has 1 aliphatic heterocycles. The molecule has 5 N–H and O–H groups in total. The summed E-state index contributed by atoms with van der Waals surface area (Å²) in [6.07, 6.45) is 4.68. The van der Waals surface area contributed by atoms with E-state index in [1.807, 2.05) is 11.4 Å². The highest BCUT2D eigenvalue weighted by Gasteiger charge is 2.38. The first-order valence-corrected chi connectivity index (χ1v) is 11.9. The molecule has 0 aromatic carbocycles. The lowest BCUT2D eigenvalue weighted by atomic mass is 9.95. The third kappa shape index (κ3) is 7.55. The number of nitrogens with two attached hydrogens (primary N) is 1. The van der Waals surface area contributed by atoms with Gasteiger partial charge in [-0.25, -0.2) is 9.78 Å². The van der Waals surface area contributed by atoms with Gasteiger partial charge in [0, 0.05) is 36.3 Å². The van der Waals surface area contributed by atoms with Crippen molar-refractivity contribution in [1.82, 2.24) is 25.5 Å². The molecule has 3 unspecified atom stereocenters. The first-order chi connectivity index (χ1) is 17.2. The average molecular weight is 519 g/mol. The summed E-state index contributed by atoms with van der Waals surface area (Å²) in [6, 6.07) is 1.07. The number of amides is 4. The molecule has 192 valence electrons. The van der Waals surface area contributed by atoms with Gasteiger partial charge in [0.1, 0.15) is 31.0 Å². The molecule has 0 bridgehead atoms. The number of likely N-dealkylation sites (tertiary alicyclic amines) is 1. The zero-order valence-corrected chi connectivity index (χ0v) is 20.0. The maximum atomic E-state index is 13.3. The number of rotatable bonds is 11. The third-order valence-electron chi connectivity index (χ3n) is 5.45. The molecule has 1 aliphatic rings. The van der Waals surface area contributed by atoms with E-state index in [9.17, 15) is 24.0 Å². The number of piperidine rings is 1. The third-order valence-corrected chi connectivity index (χ3v) is 6.35. The van der Waals surface area contributed by atoms with E-state index in [2.05, 4.69) is 20.6 Å². The van der Waals surface area contributed by atoms with Gasteiger partial charge in [-0.1, -0.05) is 6.07 Å². The molecule has 1 saturated heterocycles. The van der Waals surface area contributed by atoms with Crippen molar-refractivity contribution in [2.75, 3.05) is 19.8 Å². The Morgan fingerprint density at radius 1 is 1.25 bits per heavy atom. The van der Waals surface area contributed by atoms with Crippen molar-refractivity contribution in [2.45, 2.75) is 37.4 Å². The van der Waals surface area contributed by atoms with Gasteiger partial charge in [0.25, 0.3) is 5.91 Å².